The molecule has 0 fully saturated rings. The third-order valence-electron chi connectivity index (χ3n) is 6.52. The van der Waals surface area contributed by atoms with Crippen LogP contribution in [0.25, 0.3) is 22.5 Å². The van der Waals surface area contributed by atoms with Crippen molar-refractivity contribution >= 4 is 0 Å². The molecular formula is C31H42N2. The van der Waals surface area contributed by atoms with Gasteiger partial charge in [-0.05, 0) is 29.5 Å². The zero-order chi connectivity index (χ0) is 23.0. The van der Waals surface area contributed by atoms with E-state index in [0.29, 0.717) is 0 Å². The van der Waals surface area contributed by atoms with E-state index in [1.54, 1.807) is 0 Å². The summed E-state index contributed by atoms with van der Waals surface area (Å²) in [6.45, 7) is 2.29. The molecule has 1 aromatic heterocycles. The van der Waals surface area contributed by atoms with Crippen LogP contribution in [0.5, 0.6) is 0 Å². The summed E-state index contributed by atoms with van der Waals surface area (Å²) in [5.41, 5.74) is 4.78. The molecule has 2 aromatic carbocycles. The number of rotatable bonds is 16. The lowest BCUT2D eigenvalue weighted by atomic mass is 10.0. The third kappa shape index (κ3) is 9.50. The van der Waals surface area contributed by atoms with E-state index >= 15 is 0 Å². The fourth-order valence-corrected chi connectivity index (χ4v) is 4.42. The number of aromatic nitrogens is 2. The lowest BCUT2D eigenvalue weighted by Gasteiger charge is -2.06. The molecule has 0 N–H and O–H groups in total. The average molecular weight is 443 g/mol. The lowest BCUT2D eigenvalue weighted by molar-refractivity contribution is 0.539. The van der Waals surface area contributed by atoms with Crippen molar-refractivity contribution in [1.82, 2.24) is 9.97 Å². The zero-order valence-corrected chi connectivity index (χ0v) is 20.6. The molecule has 0 atom stereocenters. The highest BCUT2D eigenvalue weighted by Crippen LogP contribution is 2.23. The minimum absolute atomic E-state index is 0.809. The van der Waals surface area contributed by atoms with E-state index in [-0.39, 0.29) is 0 Å². The SMILES string of the molecule is CCCCCCCCCCCCCCCc1cnc(-c2ccc(-c3ccccc3)cc2)nc1. The van der Waals surface area contributed by atoms with Crippen molar-refractivity contribution in [2.45, 2.75) is 96.8 Å². The van der Waals surface area contributed by atoms with Gasteiger partial charge in [0, 0.05) is 18.0 Å². The summed E-state index contributed by atoms with van der Waals surface area (Å²) in [7, 11) is 0. The van der Waals surface area contributed by atoms with Crippen LogP contribution in [-0.2, 0) is 6.42 Å². The number of nitrogens with zero attached hydrogens (tertiary/aromatic N) is 2. The van der Waals surface area contributed by atoms with E-state index in [4.69, 9.17) is 0 Å². The van der Waals surface area contributed by atoms with Gasteiger partial charge < -0.3 is 0 Å². The summed E-state index contributed by atoms with van der Waals surface area (Å²) in [6.07, 6.45) is 23.2. The Labute approximate surface area is 201 Å². The van der Waals surface area contributed by atoms with Crippen molar-refractivity contribution in [3.8, 4) is 22.5 Å². The molecule has 176 valence electrons. The number of aryl methyl sites for hydroxylation is 1. The number of benzene rings is 2. The highest BCUT2D eigenvalue weighted by atomic mass is 14.9. The smallest absolute Gasteiger partial charge is 0.159 e. The number of hydrogen-bond acceptors (Lipinski definition) is 2. The van der Waals surface area contributed by atoms with Crippen molar-refractivity contribution in [2.75, 3.05) is 0 Å². The van der Waals surface area contributed by atoms with E-state index in [0.717, 1.165) is 17.8 Å². The second kappa shape index (κ2) is 15.4. The van der Waals surface area contributed by atoms with Crippen LogP contribution < -0.4 is 0 Å². The van der Waals surface area contributed by atoms with E-state index < -0.39 is 0 Å². The molecule has 0 saturated heterocycles. The van der Waals surface area contributed by atoms with Gasteiger partial charge in [0.2, 0.25) is 0 Å². The highest BCUT2D eigenvalue weighted by molar-refractivity contribution is 5.67. The van der Waals surface area contributed by atoms with Gasteiger partial charge in [0.15, 0.2) is 5.82 Å². The quantitative estimate of drug-likeness (QED) is 0.206. The molecule has 0 aliphatic heterocycles. The van der Waals surface area contributed by atoms with Crippen LogP contribution in [0, 0.1) is 0 Å². The largest absolute Gasteiger partial charge is 0.236 e. The molecule has 0 amide bonds. The minimum atomic E-state index is 0.809. The molecule has 2 heteroatoms. The summed E-state index contributed by atoms with van der Waals surface area (Å²) in [4.78, 5) is 9.24. The van der Waals surface area contributed by atoms with Crippen LogP contribution in [0.15, 0.2) is 67.0 Å². The fourth-order valence-electron chi connectivity index (χ4n) is 4.42. The first-order chi connectivity index (χ1) is 16.4. The standard InChI is InChI=1S/C31H42N2/c1-2-3-4-5-6-7-8-9-10-11-12-13-15-18-27-25-32-31(33-26-27)30-23-21-29(22-24-30)28-19-16-14-17-20-28/h14,16-17,19-26H,2-13,15,18H2,1H3. The van der Waals surface area contributed by atoms with Crippen molar-refractivity contribution in [1.29, 1.82) is 0 Å². The molecular weight excluding hydrogens is 400 g/mol. The second-order valence-corrected chi connectivity index (χ2v) is 9.35. The van der Waals surface area contributed by atoms with Gasteiger partial charge >= 0.3 is 0 Å². The van der Waals surface area contributed by atoms with E-state index in [2.05, 4.69) is 65.4 Å². The Bertz CT molecular complexity index is 869. The topological polar surface area (TPSA) is 25.8 Å². The van der Waals surface area contributed by atoms with Gasteiger partial charge in [-0.2, -0.15) is 0 Å². The van der Waals surface area contributed by atoms with Crippen LogP contribution in [0.1, 0.15) is 96.0 Å². The molecule has 0 aliphatic carbocycles. The molecule has 0 aliphatic rings. The lowest BCUT2D eigenvalue weighted by Crippen LogP contribution is -1.93. The highest BCUT2D eigenvalue weighted by Gasteiger charge is 2.03. The van der Waals surface area contributed by atoms with Gasteiger partial charge in [0.05, 0.1) is 0 Å². The first kappa shape index (κ1) is 25.1. The van der Waals surface area contributed by atoms with E-state index in [9.17, 15) is 0 Å². The molecule has 1 heterocycles. The summed E-state index contributed by atoms with van der Waals surface area (Å²) in [6, 6.07) is 19.0. The molecule has 0 spiro atoms. The summed E-state index contributed by atoms with van der Waals surface area (Å²) in [5.74, 6) is 0.809. The Morgan fingerprint density at radius 3 is 1.48 bits per heavy atom. The van der Waals surface area contributed by atoms with Gasteiger partial charge in [-0.3, -0.25) is 0 Å². The Balaban J connectivity index is 1.27. The van der Waals surface area contributed by atoms with Crippen LogP contribution in [-0.4, -0.2) is 9.97 Å². The minimum Gasteiger partial charge on any atom is -0.236 e. The van der Waals surface area contributed by atoms with Crippen molar-refractivity contribution in [3.63, 3.8) is 0 Å². The van der Waals surface area contributed by atoms with Crippen LogP contribution >= 0.6 is 0 Å². The van der Waals surface area contributed by atoms with Crippen LogP contribution in [0.3, 0.4) is 0 Å². The van der Waals surface area contributed by atoms with Gasteiger partial charge in [0.25, 0.3) is 0 Å². The first-order valence-electron chi connectivity index (χ1n) is 13.3. The maximum Gasteiger partial charge on any atom is 0.159 e. The maximum atomic E-state index is 4.62. The fraction of sp³-hybridized carbons (Fsp3) is 0.484. The first-order valence-corrected chi connectivity index (χ1v) is 13.3. The van der Waals surface area contributed by atoms with Crippen molar-refractivity contribution < 1.29 is 0 Å². The summed E-state index contributed by atoms with van der Waals surface area (Å²) < 4.78 is 0. The Hall–Kier alpha value is -2.48. The van der Waals surface area contributed by atoms with E-state index in [1.165, 1.54) is 100 Å². The van der Waals surface area contributed by atoms with Crippen LogP contribution in [0.4, 0.5) is 0 Å². The van der Waals surface area contributed by atoms with Gasteiger partial charge in [-0.1, -0.05) is 139 Å². The van der Waals surface area contributed by atoms with Gasteiger partial charge in [0.1, 0.15) is 0 Å². The molecule has 33 heavy (non-hydrogen) atoms. The Morgan fingerprint density at radius 2 is 0.939 bits per heavy atom. The van der Waals surface area contributed by atoms with E-state index in [1.807, 2.05) is 18.5 Å². The molecule has 3 aromatic rings. The summed E-state index contributed by atoms with van der Waals surface area (Å²) in [5, 5.41) is 0. The molecule has 0 radical (unpaired) electrons. The second-order valence-electron chi connectivity index (χ2n) is 9.35. The molecule has 3 rings (SSSR count). The van der Waals surface area contributed by atoms with Crippen molar-refractivity contribution in [2.24, 2.45) is 0 Å². The molecule has 0 unspecified atom stereocenters. The Morgan fingerprint density at radius 1 is 0.485 bits per heavy atom. The molecule has 0 saturated carbocycles. The predicted octanol–water partition coefficient (Wildman–Crippen LogP) is 9.44. The van der Waals surface area contributed by atoms with Gasteiger partial charge in [-0.15, -0.1) is 0 Å². The maximum absolute atomic E-state index is 4.62. The zero-order valence-electron chi connectivity index (χ0n) is 20.6. The third-order valence-corrected chi connectivity index (χ3v) is 6.52. The molecule has 0 bridgehead atoms. The number of hydrogen-bond donors (Lipinski definition) is 0. The average Bonchev–Trinajstić information content (AvgIpc) is 2.88. The molecule has 2 nitrogen and oxygen atoms in total. The predicted molar refractivity (Wildman–Crippen MR) is 142 cm³/mol. The Kier molecular flexibility index (Phi) is 11.7. The summed E-state index contributed by atoms with van der Waals surface area (Å²) >= 11 is 0. The van der Waals surface area contributed by atoms with Crippen molar-refractivity contribution in [3.05, 3.63) is 72.6 Å². The van der Waals surface area contributed by atoms with Gasteiger partial charge in [-0.25, -0.2) is 9.97 Å². The number of unbranched alkanes of at least 4 members (excludes halogenated alkanes) is 12. The monoisotopic (exact) mass is 442 g/mol. The normalized spacial score (nSPS) is 11.1. The van der Waals surface area contributed by atoms with Crippen LogP contribution in [0.2, 0.25) is 0 Å².